The molecule has 2 rings (SSSR count). The van der Waals surface area contributed by atoms with E-state index in [1.54, 1.807) is 30.3 Å². The van der Waals surface area contributed by atoms with E-state index in [4.69, 9.17) is 15.2 Å². The molecule has 0 unspecified atom stereocenters. The van der Waals surface area contributed by atoms with E-state index in [-0.39, 0.29) is 26.0 Å². The Bertz CT molecular complexity index is 975. The van der Waals surface area contributed by atoms with Crippen molar-refractivity contribution in [3.05, 3.63) is 71.8 Å². The number of carbonyl (C=O) groups is 4. The molecular weight excluding hydrogens is 470 g/mol. The third-order valence-corrected chi connectivity index (χ3v) is 5.15. The first-order chi connectivity index (χ1) is 17.4. The van der Waals surface area contributed by atoms with Crippen molar-refractivity contribution in [2.24, 2.45) is 0 Å². The van der Waals surface area contributed by atoms with Crippen molar-refractivity contribution in [3.63, 3.8) is 0 Å². The van der Waals surface area contributed by atoms with Crippen molar-refractivity contribution in [2.45, 2.75) is 44.4 Å². The summed E-state index contributed by atoms with van der Waals surface area (Å²) >= 11 is 0. The predicted molar refractivity (Wildman–Crippen MR) is 128 cm³/mol. The molecule has 0 radical (unpaired) electrons. The first-order valence-corrected chi connectivity index (χ1v) is 11.4. The molecule has 2 aromatic rings. The molecule has 0 aliphatic carbocycles. The number of alkyl carbamates (subject to hydrolysis) is 1. The lowest BCUT2D eigenvalue weighted by atomic mass is 10.1. The van der Waals surface area contributed by atoms with Crippen LogP contribution in [0.1, 0.15) is 30.4 Å². The molecule has 0 bridgehead atoms. The molecule has 36 heavy (non-hydrogen) atoms. The van der Waals surface area contributed by atoms with Gasteiger partial charge in [-0.3, -0.25) is 20.0 Å². The molecule has 12 nitrogen and oxygen atoms in total. The van der Waals surface area contributed by atoms with Gasteiger partial charge in [-0.1, -0.05) is 60.7 Å². The zero-order chi connectivity index (χ0) is 26.2. The number of carbonyl (C=O) groups excluding carboxylic acids is 4. The highest BCUT2D eigenvalue weighted by molar-refractivity contribution is 5.89. The highest BCUT2D eigenvalue weighted by Crippen LogP contribution is 2.05. The number of ether oxygens (including phenoxy) is 1. The SMILES string of the molecule is O=C(N[C@@H](CCCCNC(=O)OCc1ccccc1)C(=O)NO)N[C@@H](Cc1ccccc1)C(=O)NO. The minimum atomic E-state index is -1.11. The quantitative estimate of drug-likeness (QED) is 0.123. The molecule has 7 N–H and O–H groups in total. The molecule has 0 aromatic heterocycles. The zero-order valence-corrected chi connectivity index (χ0v) is 19.6. The van der Waals surface area contributed by atoms with Gasteiger partial charge in [-0.05, 0) is 30.4 Å². The van der Waals surface area contributed by atoms with Gasteiger partial charge in [0.05, 0.1) is 0 Å². The second-order valence-electron chi connectivity index (χ2n) is 7.85. The van der Waals surface area contributed by atoms with Gasteiger partial charge in [-0.15, -0.1) is 0 Å². The molecule has 0 saturated carbocycles. The van der Waals surface area contributed by atoms with E-state index >= 15 is 0 Å². The van der Waals surface area contributed by atoms with Gasteiger partial charge in [0.2, 0.25) is 0 Å². The Morgan fingerprint density at radius 1 is 0.750 bits per heavy atom. The van der Waals surface area contributed by atoms with Gasteiger partial charge in [0, 0.05) is 13.0 Å². The number of rotatable bonds is 13. The average Bonchev–Trinajstić information content (AvgIpc) is 2.90. The van der Waals surface area contributed by atoms with Crippen LogP contribution in [0.25, 0.3) is 0 Å². The van der Waals surface area contributed by atoms with Crippen molar-refractivity contribution < 1.29 is 34.3 Å². The summed E-state index contributed by atoms with van der Waals surface area (Å²) in [7, 11) is 0. The highest BCUT2D eigenvalue weighted by atomic mass is 16.5. The van der Waals surface area contributed by atoms with Crippen LogP contribution in [-0.4, -0.2) is 53.0 Å². The van der Waals surface area contributed by atoms with Crippen molar-refractivity contribution >= 4 is 23.9 Å². The highest BCUT2D eigenvalue weighted by Gasteiger charge is 2.25. The maximum Gasteiger partial charge on any atom is 0.407 e. The normalized spacial score (nSPS) is 11.9. The van der Waals surface area contributed by atoms with Gasteiger partial charge in [0.1, 0.15) is 18.7 Å². The Labute approximate surface area is 208 Å². The first kappa shape index (κ1) is 28.1. The molecule has 0 saturated heterocycles. The molecule has 0 aliphatic rings. The summed E-state index contributed by atoms with van der Waals surface area (Å²) in [5.41, 5.74) is 4.61. The van der Waals surface area contributed by atoms with Crippen molar-refractivity contribution in [2.75, 3.05) is 6.54 Å². The molecule has 0 heterocycles. The fourth-order valence-electron chi connectivity index (χ4n) is 3.28. The second kappa shape index (κ2) is 15.7. The first-order valence-electron chi connectivity index (χ1n) is 11.4. The summed E-state index contributed by atoms with van der Waals surface area (Å²) in [6, 6.07) is 15.0. The second-order valence-corrected chi connectivity index (χ2v) is 7.85. The summed E-state index contributed by atoms with van der Waals surface area (Å²) < 4.78 is 5.11. The third-order valence-electron chi connectivity index (χ3n) is 5.15. The molecule has 0 spiro atoms. The zero-order valence-electron chi connectivity index (χ0n) is 19.6. The minimum Gasteiger partial charge on any atom is -0.445 e. The molecule has 2 atom stereocenters. The monoisotopic (exact) mass is 501 g/mol. The molecule has 0 fully saturated rings. The molecule has 12 heteroatoms. The van der Waals surface area contributed by atoms with E-state index < -0.39 is 36.0 Å². The summed E-state index contributed by atoms with van der Waals surface area (Å²) in [4.78, 5) is 48.2. The van der Waals surface area contributed by atoms with Crippen molar-refractivity contribution in [3.8, 4) is 0 Å². The van der Waals surface area contributed by atoms with E-state index in [1.807, 2.05) is 30.3 Å². The maximum absolute atomic E-state index is 12.4. The van der Waals surface area contributed by atoms with Crippen LogP contribution in [0, 0.1) is 0 Å². The number of unbranched alkanes of at least 4 members (excludes halogenated alkanes) is 1. The van der Waals surface area contributed by atoms with Crippen molar-refractivity contribution in [1.82, 2.24) is 26.9 Å². The van der Waals surface area contributed by atoms with Crippen LogP contribution in [-0.2, 0) is 27.4 Å². The molecule has 194 valence electrons. The number of hydroxylamine groups is 2. The molecule has 5 amide bonds. The number of nitrogens with one attached hydrogen (secondary N) is 5. The lowest BCUT2D eigenvalue weighted by Crippen LogP contribution is -2.55. The Kier molecular flexibility index (Phi) is 12.2. The average molecular weight is 502 g/mol. The number of benzene rings is 2. The Hall–Kier alpha value is -4.16. The maximum atomic E-state index is 12.4. The predicted octanol–water partition coefficient (Wildman–Crippen LogP) is 1.37. The number of hydrogen-bond acceptors (Lipinski definition) is 7. The molecule has 0 aliphatic heterocycles. The van der Waals surface area contributed by atoms with Gasteiger partial charge in [0.25, 0.3) is 11.8 Å². The van der Waals surface area contributed by atoms with Crippen LogP contribution in [0.15, 0.2) is 60.7 Å². The van der Waals surface area contributed by atoms with Gasteiger partial charge in [-0.2, -0.15) is 0 Å². The van der Waals surface area contributed by atoms with E-state index in [1.165, 1.54) is 11.0 Å². The molecular formula is C24H31N5O7. The van der Waals surface area contributed by atoms with Gasteiger partial charge < -0.3 is 20.7 Å². The van der Waals surface area contributed by atoms with Crippen LogP contribution >= 0.6 is 0 Å². The third kappa shape index (κ3) is 10.4. The van der Waals surface area contributed by atoms with E-state index in [0.29, 0.717) is 12.8 Å². The van der Waals surface area contributed by atoms with Crippen LogP contribution in [0.3, 0.4) is 0 Å². The number of amides is 5. The van der Waals surface area contributed by atoms with Crippen LogP contribution < -0.4 is 26.9 Å². The Balaban J connectivity index is 1.76. The summed E-state index contributed by atoms with van der Waals surface area (Å²) in [5, 5.41) is 25.4. The van der Waals surface area contributed by atoms with E-state index in [2.05, 4.69) is 16.0 Å². The van der Waals surface area contributed by atoms with E-state index in [9.17, 15) is 19.2 Å². The summed E-state index contributed by atoms with van der Waals surface area (Å²) in [5.74, 6) is -1.67. The topological polar surface area (TPSA) is 178 Å². The number of hydrogen-bond donors (Lipinski definition) is 7. The molecule has 2 aromatic carbocycles. The number of urea groups is 1. The fraction of sp³-hybridized carbons (Fsp3) is 0.333. The standard InChI is InChI=1S/C24H31N5O7/c30-21(28-34)19(13-7-8-14-25-24(33)36-16-18-11-5-2-6-12-18)26-23(32)27-20(22(31)29-35)15-17-9-3-1-4-10-17/h1-6,9-12,19-20,34-35H,7-8,13-16H2,(H,25,33)(H,28,30)(H,29,31)(H2,26,27,32)/t19-,20-/m0/s1. The van der Waals surface area contributed by atoms with Gasteiger partial charge in [-0.25, -0.2) is 20.5 Å². The summed E-state index contributed by atoms with van der Waals surface area (Å²) in [6.07, 6.45) is 0.567. The Morgan fingerprint density at radius 3 is 1.92 bits per heavy atom. The largest absolute Gasteiger partial charge is 0.445 e. The van der Waals surface area contributed by atoms with Crippen LogP contribution in [0.4, 0.5) is 9.59 Å². The van der Waals surface area contributed by atoms with E-state index in [0.717, 1.165) is 11.1 Å². The van der Waals surface area contributed by atoms with Crippen molar-refractivity contribution in [1.29, 1.82) is 0 Å². The lowest BCUT2D eigenvalue weighted by molar-refractivity contribution is -0.131. The minimum absolute atomic E-state index is 0.101. The lowest BCUT2D eigenvalue weighted by Gasteiger charge is -2.21. The van der Waals surface area contributed by atoms with Crippen LogP contribution in [0.5, 0.6) is 0 Å². The summed E-state index contributed by atoms with van der Waals surface area (Å²) in [6.45, 7) is 0.424. The van der Waals surface area contributed by atoms with Gasteiger partial charge >= 0.3 is 12.1 Å². The smallest absolute Gasteiger partial charge is 0.407 e. The van der Waals surface area contributed by atoms with Gasteiger partial charge in [0.15, 0.2) is 0 Å². The van der Waals surface area contributed by atoms with Crippen LogP contribution in [0.2, 0.25) is 0 Å². The fourth-order valence-corrected chi connectivity index (χ4v) is 3.28. The Morgan fingerprint density at radius 2 is 1.31 bits per heavy atom.